The molecule has 0 aromatic heterocycles. The van der Waals surface area contributed by atoms with Crippen molar-refractivity contribution in [1.29, 1.82) is 0 Å². The highest BCUT2D eigenvalue weighted by molar-refractivity contribution is 6.30. The van der Waals surface area contributed by atoms with Gasteiger partial charge < -0.3 is 10.4 Å². The maximum absolute atomic E-state index is 13.5. The van der Waals surface area contributed by atoms with E-state index in [-0.39, 0.29) is 30.4 Å². The third kappa shape index (κ3) is 5.12. The van der Waals surface area contributed by atoms with Gasteiger partial charge in [-0.25, -0.2) is 4.39 Å². The molecule has 18 heavy (non-hydrogen) atoms. The van der Waals surface area contributed by atoms with E-state index in [9.17, 15) is 9.18 Å². The molecule has 0 unspecified atom stereocenters. The average molecular weight is 274 g/mol. The number of ketones is 1. The molecule has 3 nitrogen and oxygen atoms in total. The minimum absolute atomic E-state index is 0.0207. The van der Waals surface area contributed by atoms with Crippen LogP contribution in [0.1, 0.15) is 18.4 Å². The van der Waals surface area contributed by atoms with Gasteiger partial charge in [-0.15, -0.1) is 0 Å². The Kier molecular flexibility index (Phi) is 6.86. The van der Waals surface area contributed by atoms with E-state index in [1.54, 1.807) is 12.1 Å². The number of nitrogens with one attached hydrogen (secondary N) is 1. The standard InChI is InChI=1S/C13H17ClFNO2/c14-12-4-1-3-10(13(12)15)5-6-11(18)9-16-7-2-8-17/h1,3-4,16-17H,2,5-9H2. The Morgan fingerprint density at radius 2 is 2.22 bits per heavy atom. The second kappa shape index (κ2) is 8.19. The third-order valence-electron chi connectivity index (χ3n) is 2.54. The Morgan fingerprint density at radius 3 is 2.94 bits per heavy atom. The van der Waals surface area contributed by atoms with Crippen LogP contribution in [0.3, 0.4) is 0 Å². The van der Waals surface area contributed by atoms with Crippen LogP contribution in [0.15, 0.2) is 18.2 Å². The molecule has 2 N–H and O–H groups in total. The second-order valence-corrected chi connectivity index (χ2v) is 4.41. The van der Waals surface area contributed by atoms with Gasteiger partial charge in [-0.2, -0.15) is 0 Å². The van der Waals surface area contributed by atoms with Crippen molar-refractivity contribution in [3.8, 4) is 0 Å². The van der Waals surface area contributed by atoms with Gasteiger partial charge >= 0.3 is 0 Å². The molecule has 1 rings (SSSR count). The Labute approximate surface area is 111 Å². The molecule has 0 saturated heterocycles. The van der Waals surface area contributed by atoms with E-state index in [1.165, 1.54) is 6.07 Å². The van der Waals surface area contributed by atoms with Gasteiger partial charge in [0.2, 0.25) is 0 Å². The molecular formula is C13H17ClFNO2. The number of aliphatic hydroxyl groups excluding tert-OH is 1. The lowest BCUT2D eigenvalue weighted by Crippen LogP contribution is -2.24. The Balaban J connectivity index is 2.32. The molecule has 0 amide bonds. The maximum Gasteiger partial charge on any atom is 0.146 e. The molecule has 0 radical (unpaired) electrons. The molecule has 0 bridgehead atoms. The number of halogens is 2. The largest absolute Gasteiger partial charge is 0.396 e. The van der Waals surface area contributed by atoms with Crippen molar-refractivity contribution in [1.82, 2.24) is 5.32 Å². The number of carbonyl (C=O) groups excluding carboxylic acids is 1. The summed E-state index contributed by atoms with van der Waals surface area (Å²) in [5.74, 6) is -0.424. The molecule has 0 fully saturated rings. The zero-order chi connectivity index (χ0) is 13.4. The number of benzene rings is 1. The predicted octanol–water partition coefficient (Wildman–Crippen LogP) is 1.95. The van der Waals surface area contributed by atoms with E-state index in [4.69, 9.17) is 16.7 Å². The molecule has 0 aliphatic heterocycles. The number of hydrogen-bond acceptors (Lipinski definition) is 3. The molecule has 0 spiro atoms. The number of aliphatic hydroxyl groups is 1. The van der Waals surface area contributed by atoms with Gasteiger partial charge in [0.25, 0.3) is 0 Å². The van der Waals surface area contributed by atoms with Crippen molar-refractivity contribution in [2.24, 2.45) is 0 Å². The zero-order valence-electron chi connectivity index (χ0n) is 10.1. The van der Waals surface area contributed by atoms with Crippen LogP contribution in [0.2, 0.25) is 5.02 Å². The van der Waals surface area contributed by atoms with Gasteiger partial charge in [0.15, 0.2) is 0 Å². The van der Waals surface area contributed by atoms with Crippen molar-refractivity contribution < 1.29 is 14.3 Å². The summed E-state index contributed by atoms with van der Waals surface area (Å²) in [5.41, 5.74) is 0.464. The number of rotatable bonds is 8. The summed E-state index contributed by atoms with van der Waals surface area (Å²) < 4.78 is 13.5. The van der Waals surface area contributed by atoms with E-state index in [0.29, 0.717) is 24.9 Å². The summed E-state index contributed by atoms with van der Waals surface area (Å²) >= 11 is 5.65. The maximum atomic E-state index is 13.5. The van der Waals surface area contributed by atoms with Crippen LogP contribution in [0, 0.1) is 5.82 Å². The Morgan fingerprint density at radius 1 is 1.44 bits per heavy atom. The monoisotopic (exact) mass is 273 g/mol. The van der Waals surface area contributed by atoms with Crippen LogP contribution in [0.25, 0.3) is 0 Å². The van der Waals surface area contributed by atoms with Crippen molar-refractivity contribution in [2.45, 2.75) is 19.3 Å². The fraction of sp³-hybridized carbons (Fsp3) is 0.462. The number of carbonyl (C=O) groups is 1. The first-order valence-corrected chi connectivity index (χ1v) is 6.29. The van der Waals surface area contributed by atoms with Crippen molar-refractivity contribution >= 4 is 17.4 Å². The first kappa shape index (κ1) is 15.1. The molecule has 0 atom stereocenters. The van der Waals surface area contributed by atoms with Crippen molar-refractivity contribution in [2.75, 3.05) is 19.7 Å². The van der Waals surface area contributed by atoms with E-state index in [2.05, 4.69) is 5.32 Å². The summed E-state index contributed by atoms with van der Waals surface area (Å²) in [7, 11) is 0. The minimum atomic E-state index is -0.444. The number of aryl methyl sites for hydroxylation is 1. The van der Waals surface area contributed by atoms with E-state index in [1.807, 2.05) is 0 Å². The van der Waals surface area contributed by atoms with Gasteiger partial charge in [0, 0.05) is 13.0 Å². The lowest BCUT2D eigenvalue weighted by atomic mass is 10.1. The summed E-state index contributed by atoms with van der Waals surface area (Å²) in [6, 6.07) is 4.79. The lowest BCUT2D eigenvalue weighted by Gasteiger charge is -2.05. The molecule has 100 valence electrons. The van der Waals surface area contributed by atoms with Crippen LogP contribution in [0.4, 0.5) is 4.39 Å². The molecule has 0 heterocycles. The van der Waals surface area contributed by atoms with E-state index >= 15 is 0 Å². The number of Topliss-reactive ketones (excluding diaryl/α,β-unsaturated/α-hetero) is 1. The van der Waals surface area contributed by atoms with Crippen LogP contribution in [-0.4, -0.2) is 30.6 Å². The summed E-state index contributed by atoms with van der Waals surface area (Å²) in [6.07, 6.45) is 1.26. The average Bonchev–Trinajstić information content (AvgIpc) is 2.36. The summed E-state index contributed by atoms with van der Waals surface area (Å²) in [5, 5.41) is 11.6. The predicted molar refractivity (Wildman–Crippen MR) is 69.3 cm³/mol. The first-order chi connectivity index (χ1) is 8.65. The van der Waals surface area contributed by atoms with E-state index < -0.39 is 5.82 Å². The van der Waals surface area contributed by atoms with Gasteiger partial charge in [-0.1, -0.05) is 23.7 Å². The molecule has 1 aromatic carbocycles. The molecule has 1 aromatic rings. The SMILES string of the molecule is O=C(CCc1cccc(Cl)c1F)CNCCCO. The molecular weight excluding hydrogens is 257 g/mol. The van der Waals surface area contributed by atoms with Crippen LogP contribution >= 0.6 is 11.6 Å². The minimum Gasteiger partial charge on any atom is -0.396 e. The Bertz CT molecular complexity index is 399. The first-order valence-electron chi connectivity index (χ1n) is 5.91. The summed E-state index contributed by atoms with van der Waals surface area (Å²) in [4.78, 5) is 11.5. The molecule has 0 aliphatic carbocycles. The zero-order valence-corrected chi connectivity index (χ0v) is 10.8. The second-order valence-electron chi connectivity index (χ2n) is 4.01. The quantitative estimate of drug-likeness (QED) is 0.712. The molecule has 0 aliphatic rings. The third-order valence-corrected chi connectivity index (χ3v) is 2.83. The van der Waals surface area contributed by atoms with Crippen molar-refractivity contribution in [3.63, 3.8) is 0 Å². The highest BCUT2D eigenvalue weighted by atomic mass is 35.5. The Hall–Kier alpha value is -0.970. The topological polar surface area (TPSA) is 49.3 Å². The van der Waals surface area contributed by atoms with Crippen molar-refractivity contribution in [3.05, 3.63) is 34.6 Å². The normalized spacial score (nSPS) is 10.6. The molecule has 5 heteroatoms. The smallest absolute Gasteiger partial charge is 0.146 e. The van der Waals surface area contributed by atoms with Gasteiger partial charge in [0.05, 0.1) is 11.6 Å². The summed E-state index contributed by atoms with van der Waals surface area (Å²) in [6.45, 7) is 0.963. The van der Waals surface area contributed by atoms with E-state index in [0.717, 1.165) is 0 Å². The van der Waals surface area contributed by atoms with Crippen LogP contribution < -0.4 is 5.32 Å². The highest BCUT2D eigenvalue weighted by Crippen LogP contribution is 2.18. The number of hydrogen-bond donors (Lipinski definition) is 2. The fourth-order valence-corrected chi connectivity index (χ4v) is 1.73. The lowest BCUT2D eigenvalue weighted by molar-refractivity contribution is -0.118. The van der Waals surface area contributed by atoms with Gasteiger partial charge in [0.1, 0.15) is 11.6 Å². The van der Waals surface area contributed by atoms with Gasteiger partial charge in [-0.05, 0) is 31.0 Å². The molecule has 0 saturated carbocycles. The highest BCUT2D eigenvalue weighted by Gasteiger charge is 2.08. The van der Waals surface area contributed by atoms with Crippen LogP contribution in [0.5, 0.6) is 0 Å². The van der Waals surface area contributed by atoms with Gasteiger partial charge in [-0.3, -0.25) is 4.79 Å². The van der Waals surface area contributed by atoms with Crippen LogP contribution in [-0.2, 0) is 11.2 Å². The fourth-order valence-electron chi connectivity index (χ4n) is 1.54.